The molecule has 0 aromatic carbocycles. The molecule has 0 aliphatic heterocycles. The van der Waals surface area contributed by atoms with Crippen LogP contribution in [0.2, 0.25) is 0 Å². The van der Waals surface area contributed by atoms with Crippen LogP contribution in [0, 0.1) is 11.8 Å². The lowest BCUT2D eigenvalue weighted by Gasteiger charge is -2.30. The fourth-order valence-corrected chi connectivity index (χ4v) is 2.90. The smallest absolute Gasteiger partial charge is 0.0996 e. The topological polar surface area (TPSA) is 65.4 Å². The second kappa shape index (κ2) is 10.7. The zero-order chi connectivity index (χ0) is 18.0. The Morgan fingerprint density at radius 1 is 1.08 bits per heavy atom. The molecule has 1 aromatic rings. The van der Waals surface area contributed by atoms with Crippen LogP contribution in [-0.2, 0) is 0 Å². The predicted octanol–water partition coefficient (Wildman–Crippen LogP) is 4.24. The van der Waals surface area contributed by atoms with E-state index in [9.17, 15) is 10.2 Å². The molecule has 1 aromatic heterocycles. The Kier molecular flexibility index (Phi) is 9.30. The second-order valence-electron chi connectivity index (χ2n) is 7.81. The maximum Gasteiger partial charge on any atom is 0.0996 e. The van der Waals surface area contributed by atoms with Crippen LogP contribution in [0.3, 0.4) is 0 Å². The number of hydrogen-bond donors (Lipinski definition) is 3. The van der Waals surface area contributed by atoms with Gasteiger partial charge < -0.3 is 15.5 Å². The average molecular weight is 337 g/mol. The molecule has 3 atom stereocenters. The molecule has 3 N–H and O–H groups in total. The van der Waals surface area contributed by atoms with E-state index in [1.165, 1.54) is 19.3 Å². The minimum absolute atomic E-state index is 0.334. The van der Waals surface area contributed by atoms with Crippen molar-refractivity contribution in [3.63, 3.8) is 0 Å². The van der Waals surface area contributed by atoms with Gasteiger partial charge in [-0.1, -0.05) is 52.9 Å². The zero-order valence-electron chi connectivity index (χ0n) is 15.8. The summed E-state index contributed by atoms with van der Waals surface area (Å²) >= 11 is 0. The summed E-state index contributed by atoms with van der Waals surface area (Å²) in [6.07, 6.45) is 9.13. The summed E-state index contributed by atoms with van der Waals surface area (Å²) in [7, 11) is 0. The van der Waals surface area contributed by atoms with Crippen molar-refractivity contribution in [1.29, 1.82) is 0 Å². The van der Waals surface area contributed by atoms with Crippen molar-refractivity contribution in [2.24, 2.45) is 11.8 Å². The molecule has 4 heteroatoms. The monoisotopic (exact) mass is 336 g/mol. The molecule has 0 bridgehead atoms. The van der Waals surface area contributed by atoms with Gasteiger partial charge >= 0.3 is 0 Å². The van der Waals surface area contributed by atoms with Crippen LogP contribution < -0.4 is 5.32 Å². The third kappa shape index (κ3) is 8.65. The maximum atomic E-state index is 10.5. The molecule has 138 valence electrons. The lowest BCUT2D eigenvalue weighted by Crippen LogP contribution is -2.43. The van der Waals surface area contributed by atoms with E-state index in [1.807, 2.05) is 12.1 Å². The Balaban J connectivity index is 2.24. The maximum absolute atomic E-state index is 10.5. The van der Waals surface area contributed by atoms with Gasteiger partial charge in [-0.25, -0.2) is 0 Å². The summed E-state index contributed by atoms with van der Waals surface area (Å²) in [5.74, 6) is 1.47. The van der Waals surface area contributed by atoms with Crippen molar-refractivity contribution in [3.8, 4) is 0 Å². The van der Waals surface area contributed by atoms with Gasteiger partial charge in [0, 0.05) is 24.6 Å². The van der Waals surface area contributed by atoms with E-state index in [-0.39, 0.29) is 0 Å². The molecule has 0 spiro atoms. The molecule has 4 nitrogen and oxygen atoms in total. The summed E-state index contributed by atoms with van der Waals surface area (Å²) in [4.78, 5) is 3.96. The summed E-state index contributed by atoms with van der Waals surface area (Å²) in [5.41, 5.74) is -0.156. The first-order valence-corrected chi connectivity index (χ1v) is 9.35. The highest BCUT2D eigenvalue weighted by Crippen LogP contribution is 2.23. The number of rotatable bonds is 12. The van der Waals surface area contributed by atoms with E-state index in [4.69, 9.17) is 0 Å². The van der Waals surface area contributed by atoms with Crippen LogP contribution in [0.4, 0.5) is 5.69 Å². The number of anilines is 1. The Morgan fingerprint density at radius 2 is 1.71 bits per heavy atom. The largest absolute Gasteiger partial charge is 0.388 e. The van der Waals surface area contributed by atoms with E-state index in [2.05, 4.69) is 31.1 Å². The van der Waals surface area contributed by atoms with Gasteiger partial charge in [-0.05, 0) is 37.3 Å². The van der Waals surface area contributed by atoms with E-state index in [1.54, 1.807) is 19.3 Å². The van der Waals surface area contributed by atoms with Gasteiger partial charge in [0.15, 0.2) is 0 Å². The number of nitrogens with one attached hydrogen (secondary N) is 1. The van der Waals surface area contributed by atoms with Crippen LogP contribution in [-0.4, -0.2) is 33.4 Å². The molecular weight excluding hydrogens is 300 g/mol. The summed E-state index contributed by atoms with van der Waals surface area (Å²) in [5, 5.41) is 23.9. The third-order valence-electron chi connectivity index (χ3n) is 4.76. The summed E-state index contributed by atoms with van der Waals surface area (Å²) in [6, 6.07) is 3.69. The van der Waals surface area contributed by atoms with Gasteiger partial charge in [0.25, 0.3) is 0 Å². The average Bonchev–Trinajstić information content (AvgIpc) is 2.53. The lowest BCUT2D eigenvalue weighted by atomic mass is 9.89. The molecule has 3 unspecified atom stereocenters. The molecule has 1 heterocycles. The Morgan fingerprint density at radius 3 is 2.33 bits per heavy atom. The molecular formula is C20H36N2O2. The van der Waals surface area contributed by atoms with Gasteiger partial charge in [-0.3, -0.25) is 4.98 Å². The zero-order valence-corrected chi connectivity index (χ0v) is 15.8. The molecule has 0 saturated heterocycles. The highest BCUT2D eigenvalue weighted by Gasteiger charge is 2.29. The van der Waals surface area contributed by atoms with Crippen molar-refractivity contribution in [1.82, 2.24) is 4.98 Å². The number of aliphatic hydroxyl groups is 2. The molecule has 0 amide bonds. The standard InChI is InChI=1S/C20H36N2O2/c1-16(2)7-5-8-17(3)9-6-12-20(4,24)19(23)15-22-18-10-13-21-14-11-18/h10-11,13-14,16-17,19,23-24H,5-9,12,15H2,1-4H3,(H,21,22). The van der Waals surface area contributed by atoms with E-state index < -0.39 is 11.7 Å². The number of aliphatic hydroxyl groups excluding tert-OH is 1. The van der Waals surface area contributed by atoms with Crippen molar-refractivity contribution in [2.75, 3.05) is 11.9 Å². The van der Waals surface area contributed by atoms with Crippen LogP contribution in [0.5, 0.6) is 0 Å². The minimum atomic E-state index is -1.06. The molecule has 24 heavy (non-hydrogen) atoms. The number of hydrogen-bond acceptors (Lipinski definition) is 4. The fourth-order valence-electron chi connectivity index (χ4n) is 2.90. The molecule has 0 aliphatic carbocycles. The summed E-state index contributed by atoms with van der Waals surface area (Å²) in [6.45, 7) is 8.89. The SMILES string of the molecule is CC(C)CCCC(C)CCCC(C)(O)C(O)CNc1ccncc1. The summed E-state index contributed by atoms with van der Waals surface area (Å²) < 4.78 is 0. The third-order valence-corrected chi connectivity index (χ3v) is 4.76. The van der Waals surface area contributed by atoms with Crippen molar-refractivity contribution in [3.05, 3.63) is 24.5 Å². The fraction of sp³-hybridized carbons (Fsp3) is 0.750. The van der Waals surface area contributed by atoms with Crippen molar-refractivity contribution in [2.45, 2.75) is 77.9 Å². The number of aromatic nitrogens is 1. The normalized spacial score (nSPS) is 16.6. The number of pyridine rings is 1. The van der Waals surface area contributed by atoms with Crippen LogP contribution in [0.25, 0.3) is 0 Å². The van der Waals surface area contributed by atoms with Crippen LogP contribution >= 0.6 is 0 Å². The van der Waals surface area contributed by atoms with Crippen molar-refractivity contribution < 1.29 is 10.2 Å². The molecule has 0 saturated carbocycles. The number of nitrogens with zero attached hydrogens (tertiary/aromatic N) is 1. The Bertz CT molecular complexity index is 435. The van der Waals surface area contributed by atoms with E-state index in [0.717, 1.165) is 24.4 Å². The Hall–Kier alpha value is -1.13. The molecule has 0 radical (unpaired) electrons. The van der Waals surface area contributed by atoms with Gasteiger partial charge in [0.05, 0.1) is 11.7 Å². The first kappa shape index (κ1) is 20.9. The first-order chi connectivity index (χ1) is 11.3. The van der Waals surface area contributed by atoms with Crippen LogP contribution in [0.15, 0.2) is 24.5 Å². The van der Waals surface area contributed by atoms with Gasteiger partial charge in [0.2, 0.25) is 0 Å². The highest BCUT2D eigenvalue weighted by molar-refractivity contribution is 5.40. The second-order valence-corrected chi connectivity index (χ2v) is 7.81. The van der Waals surface area contributed by atoms with Crippen molar-refractivity contribution >= 4 is 5.69 Å². The predicted molar refractivity (Wildman–Crippen MR) is 101 cm³/mol. The molecule has 0 fully saturated rings. The Labute approximate surface area is 147 Å². The van der Waals surface area contributed by atoms with Gasteiger partial charge in [-0.2, -0.15) is 0 Å². The minimum Gasteiger partial charge on any atom is -0.388 e. The molecule has 1 rings (SSSR count). The molecule has 0 aliphatic rings. The van der Waals surface area contributed by atoms with E-state index >= 15 is 0 Å². The van der Waals surface area contributed by atoms with Crippen LogP contribution in [0.1, 0.15) is 66.2 Å². The highest BCUT2D eigenvalue weighted by atomic mass is 16.3. The van der Waals surface area contributed by atoms with E-state index in [0.29, 0.717) is 18.9 Å². The van der Waals surface area contributed by atoms with Gasteiger partial charge in [-0.15, -0.1) is 0 Å². The lowest BCUT2D eigenvalue weighted by molar-refractivity contribution is -0.0617. The van der Waals surface area contributed by atoms with Gasteiger partial charge in [0.1, 0.15) is 0 Å². The first-order valence-electron chi connectivity index (χ1n) is 9.35. The quantitative estimate of drug-likeness (QED) is 0.534.